The highest BCUT2D eigenvalue weighted by molar-refractivity contribution is 6.31. The fourth-order valence-corrected chi connectivity index (χ4v) is 2.02. The summed E-state index contributed by atoms with van der Waals surface area (Å²) in [5, 5.41) is 14.0. The van der Waals surface area contributed by atoms with Crippen molar-refractivity contribution >= 4 is 11.6 Å². The normalized spacial score (nSPS) is 10.5. The molecule has 0 aliphatic heterocycles. The highest BCUT2D eigenvalue weighted by Gasteiger charge is 2.18. The highest BCUT2D eigenvalue weighted by Crippen LogP contribution is 2.29. The van der Waals surface area contributed by atoms with Crippen LogP contribution in [0.25, 0.3) is 11.3 Å². The SMILES string of the molecule is CC(C)n1nc(-c2ccccc2)c(C#N)c1Cl. The molecule has 0 saturated heterocycles. The molecule has 0 unspecified atom stereocenters. The van der Waals surface area contributed by atoms with E-state index >= 15 is 0 Å². The van der Waals surface area contributed by atoms with Crippen LogP contribution in [0.1, 0.15) is 25.5 Å². The zero-order valence-electron chi connectivity index (χ0n) is 9.68. The smallest absolute Gasteiger partial charge is 0.145 e. The zero-order valence-corrected chi connectivity index (χ0v) is 10.4. The van der Waals surface area contributed by atoms with Crippen molar-refractivity contribution in [3.8, 4) is 17.3 Å². The molecule has 0 radical (unpaired) electrons. The van der Waals surface area contributed by atoms with Gasteiger partial charge in [-0.1, -0.05) is 41.9 Å². The van der Waals surface area contributed by atoms with Crippen LogP contribution in [-0.2, 0) is 0 Å². The molecule has 0 amide bonds. The molecule has 0 aliphatic carbocycles. The van der Waals surface area contributed by atoms with Crippen molar-refractivity contribution in [2.75, 3.05) is 0 Å². The van der Waals surface area contributed by atoms with Crippen molar-refractivity contribution in [3.63, 3.8) is 0 Å². The molecule has 17 heavy (non-hydrogen) atoms. The van der Waals surface area contributed by atoms with Gasteiger partial charge in [0, 0.05) is 11.6 Å². The van der Waals surface area contributed by atoms with Gasteiger partial charge >= 0.3 is 0 Å². The quantitative estimate of drug-likeness (QED) is 0.810. The Labute approximate surface area is 105 Å². The number of halogens is 1. The molecular weight excluding hydrogens is 234 g/mol. The first-order valence-corrected chi connectivity index (χ1v) is 5.76. The van der Waals surface area contributed by atoms with Crippen molar-refractivity contribution < 1.29 is 0 Å². The molecule has 0 bridgehead atoms. The van der Waals surface area contributed by atoms with Gasteiger partial charge in [-0.2, -0.15) is 10.4 Å². The molecule has 2 rings (SSSR count). The van der Waals surface area contributed by atoms with Crippen molar-refractivity contribution in [2.45, 2.75) is 19.9 Å². The molecule has 0 spiro atoms. The average molecular weight is 246 g/mol. The molecule has 0 atom stereocenters. The summed E-state index contributed by atoms with van der Waals surface area (Å²) in [6.45, 7) is 3.96. The third-order valence-electron chi connectivity index (χ3n) is 2.50. The standard InChI is InChI=1S/C13H12ClN3/c1-9(2)17-13(14)11(8-15)12(16-17)10-6-4-3-5-7-10/h3-7,9H,1-2H3. The van der Waals surface area contributed by atoms with E-state index in [-0.39, 0.29) is 6.04 Å². The van der Waals surface area contributed by atoms with Gasteiger partial charge in [0.25, 0.3) is 0 Å². The van der Waals surface area contributed by atoms with Gasteiger partial charge in [0.2, 0.25) is 0 Å². The lowest BCUT2D eigenvalue weighted by Gasteiger charge is -2.05. The number of nitriles is 1. The van der Waals surface area contributed by atoms with Crippen molar-refractivity contribution in [1.82, 2.24) is 9.78 Å². The lowest BCUT2D eigenvalue weighted by Crippen LogP contribution is -2.02. The van der Waals surface area contributed by atoms with Gasteiger partial charge in [-0.25, -0.2) is 4.68 Å². The predicted molar refractivity (Wildman–Crippen MR) is 67.8 cm³/mol. The summed E-state index contributed by atoms with van der Waals surface area (Å²) in [4.78, 5) is 0. The van der Waals surface area contributed by atoms with Gasteiger partial charge in [0.15, 0.2) is 0 Å². The largest absolute Gasteiger partial charge is 0.250 e. The third-order valence-corrected chi connectivity index (χ3v) is 2.86. The number of nitrogens with zero attached hydrogens (tertiary/aromatic N) is 3. The maximum Gasteiger partial charge on any atom is 0.145 e. The Bertz CT molecular complexity index is 564. The number of benzene rings is 1. The van der Waals surface area contributed by atoms with Gasteiger partial charge in [0.1, 0.15) is 22.5 Å². The number of rotatable bonds is 2. The van der Waals surface area contributed by atoms with Crippen LogP contribution < -0.4 is 0 Å². The minimum absolute atomic E-state index is 0.132. The van der Waals surface area contributed by atoms with E-state index < -0.39 is 0 Å². The topological polar surface area (TPSA) is 41.6 Å². The monoisotopic (exact) mass is 245 g/mol. The summed E-state index contributed by atoms with van der Waals surface area (Å²) in [7, 11) is 0. The van der Waals surface area contributed by atoms with Crippen LogP contribution >= 0.6 is 11.6 Å². The van der Waals surface area contributed by atoms with Crippen LogP contribution in [0, 0.1) is 11.3 Å². The molecule has 4 heteroatoms. The Hall–Kier alpha value is -1.79. The van der Waals surface area contributed by atoms with E-state index in [1.165, 1.54) is 0 Å². The second-order valence-electron chi connectivity index (χ2n) is 4.03. The highest BCUT2D eigenvalue weighted by atomic mass is 35.5. The second-order valence-corrected chi connectivity index (χ2v) is 4.39. The van der Waals surface area contributed by atoms with E-state index in [1.807, 2.05) is 44.2 Å². The van der Waals surface area contributed by atoms with Crippen LogP contribution in [0.15, 0.2) is 30.3 Å². The second kappa shape index (κ2) is 4.60. The summed E-state index contributed by atoms with van der Waals surface area (Å²) in [6.07, 6.45) is 0. The first-order chi connectivity index (χ1) is 8.15. The maximum atomic E-state index is 9.17. The van der Waals surface area contributed by atoms with Gasteiger partial charge in [0.05, 0.1) is 0 Å². The van der Waals surface area contributed by atoms with E-state index in [1.54, 1.807) is 4.68 Å². The summed E-state index contributed by atoms with van der Waals surface area (Å²) in [5.74, 6) is 0. The Morgan fingerprint density at radius 2 is 1.94 bits per heavy atom. The van der Waals surface area contributed by atoms with Gasteiger partial charge in [-0.15, -0.1) is 0 Å². The molecular formula is C13H12ClN3. The van der Waals surface area contributed by atoms with Crippen molar-refractivity contribution in [2.24, 2.45) is 0 Å². The number of hydrogen-bond donors (Lipinski definition) is 0. The zero-order chi connectivity index (χ0) is 12.4. The fourth-order valence-electron chi connectivity index (χ4n) is 1.65. The minimum Gasteiger partial charge on any atom is -0.250 e. The summed E-state index contributed by atoms with van der Waals surface area (Å²) >= 11 is 6.15. The molecule has 2 aromatic rings. The molecule has 0 N–H and O–H groups in total. The first kappa shape index (κ1) is 11.7. The lowest BCUT2D eigenvalue weighted by molar-refractivity contribution is 0.535. The average Bonchev–Trinajstić information content (AvgIpc) is 2.67. The molecule has 1 aromatic carbocycles. The Balaban J connectivity index is 2.64. The summed E-state index contributed by atoms with van der Waals surface area (Å²) < 4.78 is 1.67. The van der Waals surface area contributed by atoms with Gasteiger partial charge < -0.3 is 0 Å². The van der Waals surface area contributed by atoms with Gasteiger partial charge in [-0.3, -0.25) is 0 Å². The first-order valence-electron chi connectivity index (χ1n) is 5.38. The third kappa shape index (κ3) is 2.04. The van der Waals surface area contributed by atoms with Crippen LogP contribution in [0.2, 0.25) is 5.15 Å². The van der Waals surface area contributed by atoms with E-state index in [0.29, 0.717) is 16.4 Å². The fraction of sp³-hybridized carbons (Fsp3) is 0.231. The summed E-state index contributed by atoms with van der Waals surface area (Å²) in [5.41, 5.74) is 1.99. The Morgan fingerprint density at radius 3 is 2.47 bits per heavy atom. The maximum absolute atomic E-state index is 9.17. The van der Waals surface area contributed by atoms with E-state index in [4.69, 9.17) is 16.9 Å². The van der Waals surface area contributed by atoms with E-state index in [9.17, 15) is 0 Å². The van der Waals surface area contributed by atoms with Crippen LogP contribution in [0.5, 0.6) is 0 Å². The molecule has 3 nitrogen and oxygen atoms in total. The van der Waals surface area contributed by atoms with Crippen molar-refractivity contribution in [1.29, 1.82) is 5.26 Å². The number of hydrogen-bond acceptors (Lipinski definition) is 2. The molecule has 0 aliphatic rings. The lowest BCUT2D eigenvalue weighted by atomic mass is 10.1. The van der Waals surface area contributed by atoms with Crippen LogP contribution in [0.3, 0.4) is 0 Å². The minimum atomic E-state index is 0.132. The van der Waals surface area contributed by atoms with Crippen LogP contribution in [-0.4, -0.2) is 9.78 Å². The predicted octanol–water partition coefficient (Wildman–Crippen LogP) is 3.66. The molecule has 1 aromatic heterocycles. The molecule has 1 heterocycles. The van der Waals surface area contributed by atoms with Gasteiger partial charge in [-0.05, 0) is 13.8 Å². The number of aromatic nitrogens is 2. The molecule has 0 fully saturated rings. The van der Waals surface area contributed by atoms with E-state index in [2.05, 4.69) is 11.2 Å². The summed E-state index contributed by atoms with van der Waals surface area (Å²) in [6, 6.07) is 11.9. The molecule has 86 valence electrons. The van der Waals surface area contributed by atoms with E-state index in [0.717, 1.165) is 5.56 Å². The van der Waals surface area contributed by atoms with Crippen LogP contribution in [0.4, 0.5) is 0 Å². The Morgan fingerprint density at radius 1 is 1.29 bits per heavy atom. The van der Waals surface area contributed by atoms with Crippen molar-refractivity contribution in [3.05, 3.63) is 41.0 Å². The Kier molecular flexibility index (Phi) is 3.16. The molecule has 0 saturated carbocycles.